The summed E-state index contributed by atoms with van der Waals surface area (Å²) < 4.78 is 15.5. The van der Waals surface area contributed by atoms with Gasteiger partial charge in [0.2, 0.25) is 0 Å². The molecular weight excluding hydrogens is 282 g/mol. The van der Waals surface area contributed by atoms with E-state index in [0.29, 0.717) is 30.2 Å². The molecule has 5 nitrogen and oxygen atoms in total. The van der Waals surface area contributed by atoms with Gasteiger partial charge in [-0.25, -0.2) is 4.79 Å². The number of cyclic esters (lactones) is 1. The molecule has 0 radical (unpaired) electrons. The molecule has 1 heterocycles. The van der Waals surface area contributed by atoms with Crippen molar-refractivity contribution in [1.29, 1.82) is 0 Å². The van der Waals surface area contributed by atoms with Crippen LogP contribution in [-0.4, -0.2) is 20.2 Å². The monoisotopic (exact) mass is 299 g/mol. The molecule has 0 saturated heterocycles. The van der Waals surface area contributed by atoms with Gasteiger partial charge >= 0.3 is 5.97 Å². The highest BCUT2D eigenvalue weighted by atomic mass is 16.5. The molecule has 0 saturated carbocycles. The van der Waals surface area contributed by atoms with Crippen LogP contribution in [0.25, 0.3) is 0 Å². The van der Waals surface area contributed by atoms with E-state index >= 15 is 0 Å². The second-order valence-electron chi connectivity index (χ2n) is 4.99. The van der Waals surface area contributed by atoms with Gasteiger partial charge in [0.1, 0.15) is 6.61 Å². The molecule has 0 fully saturated rings. The molecule has 2 aromatic carbocycles. The van der Waals surface area contributed by atoms with Crippen LogP contribution in [0.5, 0.6) is 11.5 Å². The zero-order valence-corrected chi connectivity index (χ0v) is 12.5. The van der Waals surface area contributed by atoms with Crippen molar-refractivity contribution in [1.82, 2.24) is 0 Å². The van der Waals surface area contributed by atoms with Crippen LogP contribution in [0.3, 0.4) is 0 Å². The molecule has 2 aromatic rings. The molecule has 0 atom stereocenters. The Hall–Kier alpha value is -2.69. The summed E-state index contributed by atoms with van der Waals surface area (Å²) >= 11 is 0. The zero-order valence-electron chi connectivity index (χ0n) is 12.5. The Morgan fingerprint density at radius 1 is 1.09 bits per heavy atom. The highest BCUT2D eigenvalue weighted by molar-refractivity contribution is 5.94. The van der Waals surface area contributed by atoms with Crippen molar-refractivity contribution in [3.63, 3.8) is 0 Å². The smallest absolute Gasteiger partial charge is 0.338 e. The Bertz CT molecular complexity index is 712. The van der Waals surface area contributed by atoms with E-state index < -0.39 is 0 Å². The van der Waals surface area contributed by atoms with Gasteiger partial charge in [-0.2, -0.15) is 0 Å². The van der Waals surface area contributed by atoms with Gasteiger partial charge in [-0.15, -0.1) is 0 Å². The Kier molecular flexibility index (Phi) is 3.87. The van der Waals surface area contributed by atoms with Gasteiger partial charge in [0, 0.05) is 17.8 Å². The molecule has 0 amide bonds. The lowest BCUT2D eigenvalue weighted by molar-refractivity contribution is 0.0535. The van der Waals surface area contributed by atoms with Crippen molar-refractivity contribution >= 4 is 11.7 Å². The number of carbonyl (C=O) groups excluding carboxylic acids is 1. The van der Waals surface area contributed by atoms with Gasteiger partial charge in [0.15, 0.2) is 11.5 Å². The number of benzene rings is 2. The Morgan fingerprint density at radius 2 is 1.91 bits per heavy atom. The predicted octanol–water partition coefficient (Wildman–Crippen LogP) is 2.99. The van der Waals surface area contributed by atoms with Gasteiger partial charge in [0.25, 0.3) is 0 Å². The van der Waals surface area contributed by atoms with E-state index in [1.165, 1.54) is 0 Å². The summed E-state index contributed by atoms with van der Waals surface area (Å²) in [6.45, 7) is 0.984. The first-order valence-electron chi connectivity index (χ1n) is 6.96. The maximum atomic E-state index is 11.6. The van der Waals surface area contributed by atoms with Crippen molar-refractivity contribution in [2.75, 3.05) is 19.5 Å². The first kappa shape index (κ1) is 14.3. The van der Waals surface area contributed by atoms with E-state index in [1.807, 2.05) is 36.4 Å². The van der Waals surface area contributed by atoms with Gasteiger partial charge in [-0.1, -0.05) is 12.1 Å². The summed E-state index contributed by atoms with van der Waals surface area (Å²) in [6.07, 6.45) is 0. The molecule has 0 unspecified atom stereocenters. The first-order chi connectivity index (χ1) is 10.7. The van der Waals surface area contributed by atoms with E-state index in [1.54, 1.807) is 14.2 Å². The molecule has 0 spiro atoms. The van der Waals surface area contributed by atoms with Crippen LogP contribution >= 0.6 is 0 Å². The molecule has 1 aliphatic heterocycles. The summed E-state index contributed by atoms with van der Waals surface area (Å²) in [5.41, 5.74) is 3.51. The standard InChI is InChI=1S/C17H17NO4/c1-20-15-6-3-11(7-16(15)21-2)9-18-13-5-4-12-10-22-17(19)14(12)8-13/h3-8,18H,9-10H2,1-2H3. The van der Waals surface area contributed by atoms with Gasteiger partial charge in [-0.3, -0.25) is 0 Å². The Balaban J connectivity index is 1.73. The lowest BCUT2D eigenvalue weighted by Gasteiger charge is -2.11. The Morgan fingerprint density at radius 3 is 2.68 bits per heavy atom. The van der Waals surface area contributed by atoms with Crippen LogP contribution in [0.15, 0.2) is 36.4 Å². The zero-order chi connectivity index (χ0) is 15.5. The second kappa shape index (κ2) is 5.97. The molecule has 22 heavy (non-hydrogen) atoms. The molecule has 1 N–H and O–H groups in total. The summed E-state index contributed by atoms with van der Waals surface area (Å²) in [4.78, 5) is 11.6. The Labute approximate surface area is 128 Å². The van der Waals surface area contributed by atoms with Crippen LogP contribution < -0.4 is 14.8 Å². The lowest BCUT2D eigenvalue weighted by atomic mass is 10.1. The highest BCUT2D eigenvalue weighted by Gasteiger charge is 2.20. The summed E-state index contributed by atoms with van der Waals surface area (Å²) in [6, 6.07) is 11.4. The molecule has 3 rings (SSSR count). The van der Waals surface area contributed by atoms with Gasteiger partial charge in [0.05, 0.1) is 19.8 Å². The number of hydrogen-bond acceptors (Lipinski definition) is 5. The minimum absolute atomic E-state index is 0.259. The van der Waals surface area contributed by atoms with Crippen molar-refractivity contribution < 1.29 is 19.0 Å². The van der Waals surface area contributed by atoms with Crippen LogP contribution in [0.2, 0.25) is 0 Å². The van der Waals surface area contributed by atoms with Crippen LogP contribution in [0, 0.1) is 0 Å². The summed E-state index contributed by atoms with van der Waals surface area (Å²) in [5.74, 6) is 1.13. The summed E-state index contributed by atoms with van der Waals surface area (Å²) in [5, 5.41) is 3.30. The normalized spacial score (nSPS) is 12.5. The number of carbonyl (C=O) groups is 1. The van der Waals surface area contributed by atoms with E-state index in [4.69, 9.17) is 14.2 Å². The number of nitrogens with one attached hydrogen (secondary N) is 1. The van der Waals surface area contributed by atoms with Crippen LogP contribution in [-0.2, 0) is 17.9 Å². The lowest BCUT2D eigenvalue weighted by Crippen LogP contribution is -2.02. The maximum Gasteiger partial charge on any atom is 0.338 e. The fraction of sp³-hybridized carbons (Fsp3) is 0.235. The topological polar surface area (TPSA) is 56.8 Å². The fourth-order valence-corrected chi connectivity index (χ4v) is 2.42. The highest BCUT2D eigenvalue weighted by Crippen LogP contribution is 2.28. The molecule has 0 aromatic heterocycles. The minimum Gasteiger partial charge on any atom is -0.493 e. The number of hydrogen-bond donors (Lipinski definition) is 1. The van der Waals surface area contributed by atoms with Crippen molar-refractivity contribution in [3.05, 3.63) is 53.1 Å². The van der Waals surface area contributed by atoms with Crippen LogP contribution in [0.4, 0.5) is 5.69 Å². The predicted molar refractivity (Wildman–Crippen MR) is 82.4 cm³/mol. The maximum absolute atomic E-state index is 11.6. The average Bonchev–Trinajstić information content (AvgIpc) is 2.93. The summed E-state index contributed by atoms with van der Waals surface area (Å²) in [7, 11) is 3.22. The second-order valence-corrected chi connectivity index (χ2v) is 4.99. The van der Waals surface area contributed by atoms with Crippen LogP contribution in [0.1, 0.15) is 21.5 Å². The molecular formula is C17H17NO4. The third-order valence-electron chi connectivity index (χ3n) is 3.63. The molecule has 5 heteroatoms. The van der Waals surface area contributed by atoms with Crippen molar-refractivity contribution in [3.8, 4) is 11.5 Å². The van der Waals surface area contributed by atoms with E-state index in [0.717, 1.165) is 16.8 Å². The van der Waals surface area contributed by atoms with Gasteiger partial charge in [-0.05, 0) is 29.8 Å². The number of anilines is 1. The van der Waals surface area contributed by atoms with E-state index in [2.05, 4.69) is 5.32 Å². The minimum atomic E-state index is -0.259. The quantitative estimate of drug-likeness (QED) is 0.860. The molecule has 1 aliphatic rings. The SMILES string of the molecule is COc1ccc(CNc2ccc3c(c2)C(=O)OC3)cc1OC. The molecule has 0 aliphatic carbocycles. The third-order valence-corrected chi connectivity index (χ3v) is 3.63. The number of ether oxygens (including phenoxy) is 3. The number of methoxy groups -OCH3 is 2. The third kappa shape index (κ3) is 2.70. The molecule has 0 bridgehead atoms. The molecule has 114 valence electrons. The van der Waals surface area contributed by atoms with E-state index in [-0.39, 0.29) is 5.97 Å². The van der Waals surface area contributed by atoms with Crippen molar-refractivity contribution in [2.24, 2.45) is 0 Å². The fourth-order valence-electron chi connectivity index (χ4n) is 2.42. The van der Waals surface area contributed by atoms with Gasteiger partial charge < -0.3 is 19.5 Å². The number of esters is 1. The number of fused-ring (bicyclic) bond motifs is 1. The largest absolute Gasteiger partial charge is 0.493 e. The van der Waals surface area contributed by atoms with Crippen molar-refractivity contribution in [2.45, 2.75) is 13.2 Å². The van der Waals surface area contributed by atoms with E-state index in [9.17, 15) is 4.79 Å². The first-order valence-corrected chi connectivity index (χ1v) is 6.96. The number of rotatable bonds is 5. The average molecular weight is 299 g/mol.